The Labute approximate surface area is 161 Å². The number of nitrogens with zero attached hydrogens (tertiary/aromatic N) is 1. The first-order chi connectivity index (χ1) is 12.9. The summed E-state index contributed by atoms with van der Waals surface area (Å²) in [5.41, 5.74) is 5.21. The van der Waals surface area contributed by atoms with E-state index < -0.39 is 23.8 Å². The molecule has 1 fully saturated rings. The van der Waals surface area contributed by atoms with Crippen LogP contribution in [-0.4, -0.2) is 36.6 Å². The molecule has 1 saturated carbocycles. The van der Waals surface area contributed by atoms with Gasteiger partial charge in [0.25, 0.3) is 0 Å². The quantitative estimate of drug-likeness (QED) is 0.499. The molecular formula is C18H25F3N4O3. The fraction of sp³-hybridized carbons (Fsp3) is 0.556. The van der Waals surface area contributed by atoms with Gasteiger partial charge >= 0.3 is 12.5 Å². The molecule has 28 heavy (non-hydrogen) atoms. The molecule has 0 radical (unpaired) electrons. The van der Waals surface area contributed by atoms with Gasteiger partial charge in [0.15, 0.2) is 11.7 Å². The summed E-state index contributed by atoms with van der Waals surface area (Å²) in [4.78, 5) is 16.1. The number of alkyl halides is 3. The van der Waals surface area contributed by atoms with Gasteiger partial charge in [-0.3, -0.25) is 4.99 Å². The van der Waals surface area contributed by atoms with Crippen molar-refractivity contribution in [1.29, 1.82) is 0 Å². The van der Waals surface area contributed by atoms with Gasteiger partial charge < -0.3 is 25.8 Å². The van der Waals surface area contributed by atoms with Crippen molar-refractivity contribution in [1.82, 2.24) is 5.32 Å². The van der Waals surface area contributed by atoms with E-state index >= 15 is 0 Å². The summed E-state index contributed by atoms with van der Waals surface area (Å²) in [5, 5.41) is 5.37. The SMILES string of the molecule is CC(C)(C)OC(=O)NC(CN=C(N)Nc1ccccc1OC(F)(F)F)C1CC1. The van der Waals surface area contributed by atoms with Crippen molar-refractivity contribution in [2.75, 3.05) is 11.9 Å². The second kappa shape index (κ2) is 8.57. The number of hydrogen-bond acceptors (Lipinski definition) is 4. The summed E-state index contributed by atoms with van der Waals surface area (Å²) < 4.78 is 46.7. The summed E-state index contributed by atoms with van der Waals surface area (Å²) >= 11 is 0. The van der Waals surface area contributed by atoms with Crippen LogP contribution in [0.1, 0.15) is 33.6 Å². The smallest absolute Gasteiger partial charge is 0.444 e. The third-order valence-electron chi connectivity index (χ3n) is 3.73. The van der Waals surface area contributed by atoms with E-state index in [1.54, 1.807) is 20.8 Å². The molecule has 7 nitrogen and oxygen atoms in total. The Balaban J connectivity index is 1.98. The van der Waals surface area contributed by atoms with E-state index in [2.05, 4.69) is 20.4 Å². The highest BCUT2D eigenvalue weighted by molar-refractivity contribution is 5.93. The van der Waals surface area contributed by atoms with Crippen molar-refractivity contribution in [2.45, 2.75) is 51.6 Å². The number of benzene rings is 1. The van der Waals surface area contributed by atoms with Crippen LogP contribution in [0, 0.1) is 5.92 Å². The van der Waals surface area contributed by atoms with E-state index in [-0.39, 0.29) is 30.2 Å². The molecule has 1 atom stereocenters. The third-order valence-corrected chi connectivity index (χ3v) is 3.73. The van der Waals surface area contributed by atoms with Crippen LogP contribution in [0.3, 0.4) is 0 Å². The third kappa shape index (κ3) is 7.93. The van der Waals surface area contributed by atoms with Crippen LogP contribution in [0.25, 0.3) is 0 Å². The number of anilines is 1. The Kier molecular flexibility index (Phi) is 6.63. The van der Waals surface area contributed by atoms with Gasteiger partial charge in [-0.2, -0.15) is 0 Å². The highest BCUT2D eigenvalue weighted by Gasteiger charge is 2.34. The van der Waals surface area contributed by atoms with E-state index in [9.17, 15) is 18.0 Å². The van der Waals surface area contributed by atoms with Crippen molar-refractivity contribution >= 4 is 17.7 Å². The Morgan fingerprint density at radius 2 is 1.93 bits per heavy atom. The Morgan fingerprint density at radius 1 is 1.29 bits per heavy atom. The van der Waals surface area contributed by atoms with Crippen molar-refractivity contribution in [3.63, 3.8) is 0 Å². The molecule has 2 rings (SSSR count). The van der Waals surface area contributed by atoms with Crippen LogP contribution in [-0.2, 0) is 4.74 Å². The molecule has 1 amide bonds. The predicted octanol–water partition coefficient (Wildman–Crippen LogP) is 3.62. The molecular weight excluding hydrogens is 377 g/mol. The molecule has 1 unspecified atom stereocenters. The van der Waals surface area contributed by atoms with E-state index in [0.29, 0.717) is 0 Å². The highest BCUT2D eigenvalue weighted by Crippen LogP contribution is 2.33. The van der Waals surface area contributed by atoms with Gasteiger partial charge in [-0.15, -0.1) is 13.2 Å². The van der Waals surface area contributed by atoms with Gasteiger partial charge in [0, 0.05) is 0 Å². The fourth-order valence-electron chi connectivity index (χ4n) is 2.43. The molecule has 0 aromatic heterocycles. The summed E-state index contributed by atoms with van der Waals surface area (Å²) in [6.45, 7) is 5.46. The second-order valence-electron chi connectivity index (χ2n) is 7.49. The van der Waals surface area contributed by atoms with Crippen LogP contribution in [0.4, 0.5) is 23.7 Å². The molecule has 0 spiro atoms. The minimum Gasteiger partial charge on any atom is -0.444 e. The molecule has 1 aliphatic rings. The van der Waals surface area contributed by atoms with Crippen molar-refractivity contribution in [3.8, 4) is 5.75 Å². The average Bonchev–Trinajstić information content (AvgIpc) is 3.35. The zero-order valence-corrected chi connectivity index (χ0v) is 16.0. The Morgan fingerprint density at radius 3 is 2.50 bits per heavy atom. The first-order valence-electron chi connectivity index (χ1n) is 8.84. The topological polar surface area (TPSA) is 98.0 Å². The molecule has 0 aliphatic heterocycles. The predicted molar refractivity (Wildman–Crippen MR) is 99.1 cm³/mol. The molecule has 0 heterocycles. The highest BCUT2D eigenvalue weighted by atomic mass is 19.4. The Bertz CT molecular complexity index is 713. The van der Waals surface area contributed by atoms with Crippen LogP contribution >= 0.6 is 0 Å². The lowest BCUT2D eigenvalue weighted by Crippen LogP contribution is -2.42. The van der Waals surface area contributed by atoms with E-state index in [4.69, 9.17) is 10.5 Å². The molecule has 0 saturated heterocycles. The van der Waals surface area contributed by atoms with Crippen LogP contribution in [0.5, 0.6) is 5.75 Å². The van der Waals surface area contributed by atoms with Gasteiger partial charge in [0.05, 0.1) is 18.3 Å². The standard InChI is InChI=1S/C18H25F3N4O3/c1-17(2,3)28-16(26)25-13(11-8-9-11)10-23-15(22)24-12-6-4-5-7-14(12)27-18(19,20)21/h4-7,11,13H,8-10H2,1-3H3,(H,25,26)(H3,22,23,24). The first kappa shape index (κ1) is 21.6. The minimum absolute atomic E-state index is 0.0316. The maximum atomic E-state index is 12.5. The van der Waals surface area contributed by atoms with Crippen LogP contribution in [0.2, 0.25) is 0 Å². The van der Waals surface area contributed by atoms with Crippen molar-refractivity contribution in [2.24, 2.45) is 16.6 Å². The number of amides is 1. The number of guanidine groups is 1. The number of carbonyl (C=O) groups is 1. The molecule has 156 valence electrons. The lowest BCUT2D eigenvalue weighted by Gasteiger charge is -2.23. The number of carbonyl (C=O) groups excluding carboxylic acids is 1. The lowest BCUT2D eigenvalue weighted by molar-refractivity contribution is -0.274. The number of hydrogen-bond donors (Lipinski definition) is 3. The molecule has 1 aromatic rings. The number of ether oxygens (including phenoxy) is 2. The second-order valence-corrected chi connectivity index (χ2v) is 7.49. The molecule has 1 aromatic carbocycles. The lowest BCUT2D eigenvalue weighted by atomic mass is 10.2. The largest absolute Gasteiger partial charge is 0.573 e. The zero-order chi connectivity index (χ0) is 20.9. The maximum absolute atomic E-state index is 12.5. The molecule has 1 aliphatic carbocycles. The first-order valence-corrected chi connectivity index (χ1v) is 8.84. The average molecular weight is 402 g/mol. The monoisotopic (exact) mass is 402 g/mol. The van der Waals surface area contributed by atoms with Crippen LogP contribution < -0.4 is 21.1 Å². The van der Waals surface area contributed by atoms with Gasteiger partial charge in [0.1, 0.15) is 5.60 Å². The van der Waals surface area contributed by atoms with Gasteiger partial charge in [-0.25, -0.2) is 4.79 Å². The van der Waals surface area contributed by atoms with Crippen LogP contribution in [0.15, 0.2) is 29.3 Å². The maximum Gasteiger partial charge on any atom is 0.573 e. The summed E-state index contributed by atoms with van der Waals surface area (Å²) in [7, 11) is 0. The number of halogens is 3. The zero-order valence-electron chi connectivity index (χ0n) is 16.0. The van der Waals surface area contributed by atoms with Gasteiger partial charge in [-0.1, -0.05) is 12.1 Å². The normalized spacial score (nSPS) is 16.3. The molecule has 10 heteroatoms. The van der Waals surface area contributed by atoms with E-state index in [1.807, 2.05) is 0 Å². The number of nitrogens with two attached hydrogens (primary N) is 1. The minimum atomic E-state index is -4.82. The summed E-state index contributed by atoms with van der Waals surface area (Å²) in [6.07, 6.45) is -3.47. The van der Waals surface area contributed by atoms with E-state index in [1.165, 1.54) is 24.3 Å². The number of rotatable bonds is 6. The van der Waals surface area contributed by atoms with E-state index in [0.717, 1.165) is 12.8 Å². The number of aliphatic imine (C=N–C) groups is 1. The molecule has 4 N–H and O–H groups in total. The molecule has 0 bridgehead atoms. The number of para-hydroxylation sites is 2. The summed E-state index contributed by atoms with van der Waals surface area (Å²) in [5.74, 6) is -0.237. The number of nitrogens with one attached hydrogen (secondary N) is 2. The van der Waals surface area contributed by atoms with Gasteiger partial charge in [-0.05, 0) is 51.7 Å². The van der Waals surface area contributed by atoms with Crippen molar-refractivity contribution < 1.29 is 27.4 Å². The Hall–Kier alpha value is -2.65. The van der Waals surface area contributed by atoms with Crippen molar-refractivity contribution in [3.05, 3.63) is 24.3 Å². The summed E-state index contributed by atoms with van der Waals surface area (Å²) in [6, 6.07) is 5.24. The number of alkyl carbamates (subject to hydrolysis) is 1. The van der Waals surface area contributed by atoms with Gasteiger partial charge in [0.2, 0.25) is 0 Å². The fourth-order valence-corrected chi connectivity index (χ4v) is 2.43.